The van der Waals surface area contributed by atoms with Crippen LogP contribution in [0.4, 0.5) is 17.5 Å². The summed E-state index contributed by atoms with van der Waals surface area (Å²) in [6.45, 7) is 1.48. The maximum atomic E-state index is 5.73. The minimum Gasteiger partial charge on any atom is -0.497 e. The first-order valence-electron chi connectivity index (χ1n) is 6.03. The molecule has 1 aliphatic rings. The van der Waals surface area contributed by atoms with Crippen molar-refractivity contribution in [3.63, 3.8) is 0 Å². The summed E-state index contributed by atoms with van der Waals surface area (Å²) in [6, 6.07) is 7.68. The number of nitrogen functional groups attached to an aromatic ring is 1. The van der Waals surface area contributed by atoms with Crippen LogP contribution in [-0.2, 0) is 13.1 Å². The van der Waals surface area contributed by atoms with Crippen LogP contribution in [0.2, 0.25) is 0 Å². The topological polar surface area (TPSA) is 85.1 Å². The van der Waals surface area contributed by atoms with Crippen LogP contribution in [0.3, 0.4) is 0 Å². The summed E-state index contributed by atoms with van der Waals surface area (Å²) in [6.07, 6.45) is 0. The van der Waals surface area contributed by atoms with Crippen LogP contribution in [-0.4, -0.2) is 17.1 Å². The third-order valence-corrected chi connectivity index (χ3v) is 3.04. The Balaban J connectivity index is 1.95. The molecular weight excluding hydrogens is 242 g/mol. The highest BCUT2D eigenvalue weighted by Gasteiger charge is 2.18. The van der Waals surface area contributed by atoms with E-state index >= 15 is 0 Å². The number of anilines is 3. The molecule has 6 nitrogen and oxygen atoms in total. The van der Waals surface area contributed by atoms with Gasteiger partial charge in [0.05, 0.1) is 12.8 Å². The zero-order valence-corrected chi connectivity index (χ0v) is 10.6. The van der Waals surface area contributed by atoms with Crippen molar-refractivity contribution in [2.75, 3.05) is 18.2 Å². The number of fused-ring (bicyclic) bond motifs is 1. The summed E-state index contributed by atoms with van der Waals surface area (Å²) in [5, 5.41) is 6.51. The van der Waals surface area contributed by atoms with Gasteiger partial charge in [-0.25, -0.2) is 4.98 Å². The molecular formula is C13H15N5O. The fourth-order valence-electron chi connectivity index (χ4n) is 2.13. The Kier molecular flexibility index (Phi) is 2.92. The average molecular weight is 257 g/mol. The fourth-order valence-corrected chi connectivity index (χ4v) is 2.13. The van der Waals surface area contributed by atoms with E-state index in [1.54, 1.807) is 7.11 Å². The van der Waals surface area contributed by atoms with E-state index in [1.165, 1.54) is 0 Å². The van der Waals surface area contributed by atoms with Gasteiger partial charge in [-0.15, -0.1) is 0 Å². The van der Waals surface area contributed by atoms with Crippen LogP contribution >= 0.6 is 0 Å². The lowest BCUT2D eigenvalue weighted by Crippen LogP contribution is -2.05. The highest BCUT2D eigenvalue weighted by Crippen LogP contribution is 2.26. The molecule has 6 heteroatoms. The Morgan fingerprint density at radius 1 is 1.32 bits per heavy atom. The summed E-state index contributed by atoms with van der Waals surface area (Å²) < 4.78 is 5.20. The molecule has 0 saturated carbocycles. The largest absolute Gasteiger partial charge is 0.497 e. The van der Waals surface area contributed by atoms with Gasteiger partial charge in [-0.2, -0.15) is 4.98 Å². The molecule has 0 atom stereocenters. The Labute approximate surface area is 111 Å². The van der Waals surface area contributed by atoms with E-state index < -0.39 is 0 Å². The number of hydrogen-bond donors (Lipinski definition) is 3. The molecule has 2 heterocycles. The van der Waals surface area contributed by atoms with Crippen molar-refractivity contribution < 1.29 is 4.74 Å². The second kappa shape index (κ2) is 4.74. The van der Waals surface area contributed by atoms with Gasteiger partial charge in [0, 0.05) is 30.4 Å². The van der Waals surface area contributed by atoms with E-state index in [2.05, 4.69) is 20.6 Å². The van der Waals surface area contributed by atoms with E-state index in [-0.39, 0.29) is 5.95 Å². The smallest absolute Gasteiger partial charge is 0.222 e. The minimum absolute atomic E-state index is 0.285. The van der Waals surface area contributed by atoms with E-state index in [4.69, 9.17) is 10.5 Å². The van der Waals surface area contributed by atoms with Crippen molar-refractivity contribution in [1.82, 2.24) is 15.3 Å². The Bertz CT molecular complexity index is 614. The molecule has 0 radical (unpaired) electrons. The molecule has 98 valence electrons. The molecule has 0 spiro atoms. The molecule has 0 saturated heterocycles. The van der Waals surface area contributed by atoms with Gasteiger partial charge in [0.15, 0.2) is 0 Å². The van der Waals surface area contributed by atoms with E-state index in [1.807, 2.05) is 24.3 Å². The minimum atomic E-state index is 0.285. The number of rotatable bonds is 3. The predicted molar refractivity (Wildman–Crippen MR) is 73.3 cm³/mol. The number of hydrogen-bond acceptors (Lipinski definition) is 6. The van der Waals surface area contributed by atoms with Crippen LogP contribution in [0.25, 0.3) is 0 Å². The second-order valence-electron chi connectivity index (χ2n) is 4.32. The van der Waals surface area contributed by atoms with Gasteiger partial charge in [0.25, 0.3) is 0 Å². The Morgan fingerprint density at radius 2 is 2.21 bits per heavy atom. The summed E-state index contributed by atoms with van der Waals surface area (Å²) in [7, 11) is 1.64. The summed E-state index contributed by atoms with van der Waals surface area (Å²) >= 11 is 0. The normalized spacial score (nSPS) is 13.1. The lowest BCUT2D eigenvalue weighted by Gasteiger charge is -2.11. The van der Waals surface area contributed by atoms with Crippen LogP contribution in [0.15, 0.2) is 24.3 Å². The molecule has 0 aliphatic carbocycles. The van der Waals surface area contributed by atoms with Gasteiger partial charge < -0.3 is 21.1 Å². The van der Waals surface area contributed by atoms with Crippen molar-refractivity contribution in [1.29, 1.82) is 0 Å². The maximum absolute atomic E-state index is 5.73. The number of nitrogens with one attached hydrogen (secondary N) is 2. The molecule has 3 rings (SSSR count). The third-order valence-electron chi connectivity index (χ3n) is 3.04. The maximum Gasteiger partial charge on any atom is 0.222 e. The van der Waals surface area contributed by atoms with Crippen molar-refractivity contribution in [2.24, 2.45) is 0 Å². The summed E-state index contributed by atoms with van der Waals surface area (Å²) in [5.41, 5.74) is 8.66. The van der Waals surface area contributed by atoms with E-state index in [0.29, 0.717) is 0 Å². The van der Waals surface area contributed by atoms with Crippen LogP contribution in [0.1, 0.15) is 11.3 Å². The lowest BCUT2D eigenvalue weighted by molar-refractivity contribution is 0.415. The van der Waals surface area contributed by atoms with Gasteiger partial charge in [-0.3, -0.25) is 0 Å². The molecule has 0 fully saturated rings. The zero-order valence-electron chi connectivity index (χ0n) is 10.6. The van der Waals surface area contributed by atoms with Gasteiger partial charge >= 0.3 is 0 Å². The molecule has 4 N–H and O–H groups in total. The van der Waals surface area contributed by atoms with Crippen molar-refractivity contribution in [2.45, 2.75) is 13.1 Å². The zero-order chi connectivity index (χ0) is 13.2. The molecule has 0 unspecified atom stereocenters. The lowest BCUT2D eigenvalue weighted by atomic mass is 10.2. The first kappa shape index (κ1) is 11.7. The number of ether oxygens (including phenoxy) is 1. The van der Waals surface area contributed by atoms with Crippen LogP contribution in [0.5, 0.6) is 5.75 Å². The quantitative estimate of drug-likeness (QED) is 0.771. The highest BCUT2D eigenvalue weighted by molar-refractivity contribution is 5.63. The number of aromatic nitrogens is 2. The Morgan fingerprint density at radius 3 is 3.05 bits per heavy atom. The van der Waals surface area contributed by atoms with Crippen LogP contribution < -0.4 is 21.1 Å². The third kappa shape index (κ3) is 2.30. The van der Waals surface area contributed by atoms with Crippen molar-refractivity contribution in [3.8, 4) is 5.75 Å². The molecule has 0 bridgehead atoms. The molecule has 0 amide bonds. The SMILES string of the molecule is COc1cccc(Nc2nc(N)nc3c2CNC3)c1. The number of nitrogens with zero attached hydrogens (tertiary/aromatic N) is 2. The predicted octanol–water partition coefficient (Wildman–Crippen LogP) is 1.41. The summed E-state index contributed by atoms with van der Waals surface area (Å²) in [4.78, 5) is 8.50. The van der Waals surface area contributed by atoms with Crippen LogP contribution in [0, 0.1) is 0 Å². The van der Waals surface area contributed by atoms with E-state index in [9.17, 15) is 0 Å². The van der Waals surface area contributed by atoms with Gasteiger partial charge in [-0.1, -0.05) is 6.07 Å². The average Bonchev–Trinajstić information content (AvgIpc) is 2.87. The molecule has 19 heavy (non-hydrogen) atoms. The van der Waals surface area contributed by atoms with Crippen molar-refractivity contribution in [3.05, 3.63) is 35.5 Å². The number of nitrogens with two attached hydrogens (primary N) is 1. The van der Waals surface area contributed by atoms with Gasteiger partial charge in [-0.05, 0) is 12.1 Å². The highest BCUT2D eigenvalue weighted by atomic mass is 16.5. The van der Waals surface area contributed by atoms with Gasteiger partial charge in [0.2, 0.25) is 5.95 Å². The molecule has 1 aromatic heterocycles. The second-order valence-corrected chi connectivity index (χ2v) is 4.32. The molecule has 2 aromatic rings. The monoisotopic (exact) mass is 257 g/mol. The standard InChI is InChI=1S/C13H15N5O/c1-19-9-4-2-3-8(5-9)16-12-10-6-15-7-11(10)17-13(14)18-12/h2-5,15H,6-7H2,1H3,(H3,14,16,17,18). The molecule has 1 aromatic carbocycles. The number of methoxy groups -OCH3 is 1. The van der Waals surface area contributed by atoms with Gasteiger partial charge in [0.1, 0.15) is 11.6 Å². The first-order valence-corrected chi connectivity index (χ1v) is 6.03. The fraction of sp³-hybridized carbons (Fsp3) is 0.231. The number of benzene rings is 1. The van der Waals surface area contributed by atoms with Crippen molar-refractivity contribution >= 4 is 17.5 Å². The molecule has 1 aliphatic heterocycles. The van der Waals surface area contributed by atoms with E-state index in [0.717, 1.165) is 41.6 Å². The summed E-state index contributed by atoms with van der Waals surface area (Å²) in [5.74, 6) is 1.83. The Hall–Kier alpha value is -2.34. The first-order chi connectivity index (χ1) is 9.26.